The van der Waals surface area contributed by atoms with Gasteiger partial charge in [0.1, 0.15) is 0 Å². The van der Waals surface area contributed by atoms with Crippen LogP contribution < -0.4 is 5.32 Å². The topological polar surface area (TPSA) is 21.3 Å². The van der Waals surface area contributed by atoms with E-state index in [2.05, 4.69) is 36.2 Å². The lowest BCUT2D eigenvalue weighted by Crippen LogP contribution is -2.49. The summed E-state index contributed by atoms with van der Waals surface area (Å²) in [5.74, 6) is 0.524. The summed E-state index contributed by atoms with van der Waals surface area (Å²) >= 11 is 0. The van der Waals surface area contributed by atoms with E-state index in [4.69, 9.17) is 4.74 Å². The minimum Gasteiger partial charge on any atom is -0.378 e. The number of piperidine rings is 1. The number of hydrogen-bond acceptors (Lipinski definition) is 2. The van der Waals surface area contributed by atoms with E-state index in [9.17, 15) is 0 Å². The maximum Gasteiger partial charge on any atom is 0.0963 e. The van der Waals surface area contributed by atoms with Gasteiger partial charge in [0.2, 0.25) is 0 Å². The number of methoxy groups -OCH3 is 1. The van der Waals surface area contributed by atoms with Crippen molar-refractivity contribution >= 4 is 0 Å². The highest BCUT2D eigenvalue weighted by atomic mass is 16.5. The zero-order valence-electron chi connectivity index (χ0n) is 11.6. The Hall–Kier alpha value is -1.24. The van der Waals surface area contributed by atoms with Crippen molar-refractivity contribution in [2.45, 2.75) is 45.3 Å². The number of allylic oxidation sites excluding steroid dienone is 2. The van der Waals surface area contributed by atoms with Gasteiger partial charge in [-0.3, -0.25) is 0 Å². The van der Waals surface area contributed by atoms with Crippen molar-refractivity contribution in [2.75, 3.05) is 7.11 Å². The van der Waals surface area contributed by atoms with Gasteiger partial charge in [-0.1, -0.05) is 25.2 Å². The molecule has 1 aliphatic carbocycles. The molecular formula is C16H23NO. The van der Waals surface area contributed by atoms with Crippen LogP contribution in [-0.4, -0.2) is 19.3 Å². The van der Waals surface area contributed by atoms with Crippen molar-refractivity contribution < 1.29 is 4.74 Å². The SMILES string of the molecule is CC=C=C1/C(=C\CC)NC2C=CCCC2C1OC. The van der Waals surface area contributed by atoms with Gasteiger partial charge in [-0.2, -0.15) is 0 Å². The predicted molar refractivity (Wildman–Crippen MR) is 75.2 cm³/mol. The van der Waals surface area contributed by atoms with Gasteiger partial charge in [-0.15, -0.1) is 5.73 Å². The van der Waals surface area contributed by atoms with Crippen molar-refractivity contribution in [3.05, 3.63) is 41.3 Å². The van der Waals surface area contributed by atoms with Crippen molar-refractivity contribution in [1.82, 2.24) is 5.32 Å². The van der Waals surface area contributed by atoms with E-state index in [-0.39, 0.29) is 6.10 Å². The third-order valence-electron chi connectivity index (χ3n) is 3.72. The van der Waals surface area contributed by atoms with Crippen molar-refractivity contribution in [1.29, 1.82) is 0 Å². The van der Waals surface area contributed by atoms with Gasteiger partial charge in [-0.05, 0) is 32.3 Å². The lowest BCUT2D eigenvalue weighted by atomic mass is 9.78. The molecule has 1 fully saturated rings. The van der Waals surface area contributed by atoms with Crippen LogP contribution in [0, 0.1) is 5.92 Å². The fraction of sp³-hybridized carbons (Fsp3) is 0.562. The number of rotatable bonds is 2. The Labute approximate surface area is 110 Å². The number of hydrogen-bond donors (Lipinski definition) is 1. The Balaban J connectivity index is 2.40. The zero-order chi connectivity index (χ0) is 13.0. The molecule has 0 amide bonds. The molecule has 2 rings (SSSR count). The Kier molecular flexibility index (Phi) is 4.46. The van der Waals surface area contributed by atoms with Crippen LogP contribution in [0.3, 0.4) is 0 Å². The first kappa shape index (κ1) is 13.2. The largest absolute Gasteiger partial charge is 0.378 e. The molecular weight excluding hydrogens is 222 g/mol. The summed E-state index contributed by atoms with van der Waals surface area (Å²) in [5, 5.41) is 3.63. The van der Waals surface area contributed by atoms with Crippen LogP contribution in [-0.2, 0) is 4.74 Å². The minimum absolute atomic E-state index is 0.162. The lowest BCUT2D eigenvalue weighted by Gasteiger charge is -2.41. The van der Waals surface area contributed by atoms with Crippen LogP contribution in [0.5, 0.6) is 0 Å². The zero-order valence-corrected chi connectivity index (χ0v) is 11.6. The molecule has 0 radical (unpaired) electrons. The van der Waals surface area contributed by atoms with E-state index in [1.54, 1.807) is 0 Å². The average molecular weight is 245 g/mol. The molecule has 0 aromatic heterocycles. The quantitative estimate of drug-likeness (QED) is 0.595. The normalized spacial score (nSPS) is 32.7. The van der Waals surface area contributed by atoms with Gasteiger partial charge in [-0.25, -0.2) is 0 Å². The van der Waals surface area contributed by atoms with Crippen LogP contribution in [0.25, 0.3) is 0 Å². The van der Waals surface area contributed by atoms with Crippen LogP contribution in [0.15, 0.2) is 41.3 Å². The summed E-state index contributed by atoms with van der Waals surface area (Å²) in [7, 11) is 1.81. The molecule has 0 aromatic rings. The summed E-state index contributed by atoms with van der Waals surface area (Å²) in [5.41, 5.74) is 5.73. The molecule has 1 N–H and O–H groups in total. The maximum absolute atomic E-state index is 5.77. The summed E-state index contributed by atoms with van der Waals surface area (Å²) in [6.07, 6.45) is 12.3. The van der Waals surface area contributed by atoms with Gasteiger partial charge >= 0.3 is 0 Å². The molecule has 0 aromatic carbocycles. The van der Waals surface area contributed by atoms with Crippen molar-refractivity contribution in [3.63, 3.8) is 0 Å². The fourth-order valence-electron chi connectivity index (χ4n) is 2.95. The number of fused-ring (bicyclic) bond motifs is 1. The molecule has 2 nitrogen and oxygen atoms in total. The highest BCUT2D eigenvalue weighted by Crippen LogP contribution is 2.35. The van der Waals surface area contributed by atoms with Crippen LogP contribution >= 0.6 is 0 Å². The first-order valence-electron chi connectivity index (χ1n) is 6.89. The molecule has 0 spiro atoms. The van der Waals surface area contributed by atoms with Crippen LogP contribution in [0.4, 0.5) is 0 Å². The maximum atomic E-state index is 5.77. The van der Waals surface area contributed by atoms with Gasteiger partial charge in [0.15, 0.2) is 0 Å². The first-order valence-corrected chi connectivity index (χ1v) is 6.89. The minimum atomic E-state index is 0.162. The number of ether oxygens (including phenoxy) is 1. The van der Waals surface area contributed by atoms with E-state index in [1.165, 1.54) is 17.7 Å². The van der Waals surface area contributed by atoms with Crippen LogP contribution in [0.1, 0.15) is 33.1 Å². The van der Waals surface area contributed by atoms with E-state index >= 15 is 0 Å². The molecule has 18 heavy (non-hydrogen) atoms. The molecule has 98 valence electrons. The summed E-state index contributed by atoms with van der Waals surface area (Å²) in [6.45, 7) is 4.17. The van der Waals surface area contributed by atoms with Gasteiger partial charge in [0.25, 0.3) is 0 Å². The van der Waals surface area contributed by atoms with Gasteiger partial charge in [0.05, 0.1) is 12.1 Å². The van der Waals surface area contributed by atoms with Crippen molar-refractivity contribution in [3.8, 4) is 0 Å². The Morgan fingerprint density at radius 3 is 3.06 bits per heavy atom. The van der Waals surface area contributed by atoms with Gasteiger partial charge < -0.3 is 10.1 Å². The van der Waals surface area contributed by atoms with E-state index in [0.717, 1.165) is 12.8 Å². The third kappa shape index (κ3) is 2.45. The molecule has 3 unspecified atom stereocenters. The molecule has 1 saturated heterocycles. The second kappa shape index (κ2) is 6.08. The smallest absolute Gasteiger partial charge is 0.0963 e. The number of nitrogens with one attached hydrogen (secondary N) is 1. The highest BCUT2D eigenvalue weighted by molar-refractivity contribution is 5.38. The molecule has 1 heterocycles. The van der Waals surface area contributed by atoms with Crippen molar-refractivity contribution in [2.24, 2.45) is 5.92 Å². The summed E-state index contributed by atoms with van der Waals surface area (Å²) in [4.78, 5) is 0. The predicted octanol–water partition coefficient (Wildman–Crippen LogP) is 3.33. The first-order chi connectivity index (χ1) is 8.81. The Morgan fingerprint density at radius 2 is 2.39 bits per heavy atom. The Bertz CT molecular complexity index is 413. The third-order valence-corrected chi connectivity index (χ3v) is 3.72. The molecule has 2 aliphatic rings. The fourth-order valence-corrected chi connectivity index (χ4v) is 2.95. The van der Waals surface area contributed by atoms with E-state index < -0.39 is 0 Å². The Morgan fingerprint density at radius 1 is 1.56 bits per heavy atom. The monoisotopic (exact) mass is 245 g/mol. The summed E-state index contributed by atoms with van der Waals surface area (Å²) < 4.78 is 5.77. The second-order valence-electron chi connectivity index (χ2n) is 4.87. The molecule has 0 bridgehead atoms. The molecule has 1 aliphatic heterocycles. The molecule has 0 saturated carbocycles. The summed E-state index contributed by atoms with van der Waals surface area (Å²) in [6, 6.07) is 0.406. The highest BCUT2D eigenvalue weighted by Gasteiger charge is 2.38. The average Bonchev–Trinajstić information content (AvgIpc) is 2.40. The van der Waals surface area contributed by atoms with E-state index in [1.807, 2.05) is 20.1 Å². The second-order valence-corrected chi connectivity index (χ2v) is 4.87. The molecule has 3 atom stereocenters. The van der Waals surface area contributed by atoms with E-state index in [0.29, 0.717) is 12.0 Å². The molecule has 2 heteroatoms. The van der Waals surface area contributed by atoms with Gasteiger partial charge in [0, 0.05) is 24.3 Å². The standard InChI is InChI=1S/C16H23NO/c1-4-8-12-14(9-5-2)17-15-11-7-6-10-13(15)16(12)18-3/h4,7,9,11,13,15-17H,5-6,10H2,1-3H3/b14-9+. The van der Waals surface area contributed by atoms with Crippen LogP contribution in [0.2, 0.25) is 0 Å². The lowest BCUT2D eigenvalue weighted by molar-refractivity contribution is 0.0566.